The second-order valence-electron chi connectivity index (χ2n) is 4.07. The van der Waals surface area contributed by atoms with E-state index in [1.165, 1.54) is 0 Å². The standard InChI is InChI=1S/C12H18N2O2/c1-8-4-5-9(6-11(8)14(2)3)10(7-13)12(15)16/h4-6,10H,7,13H2,1-3H3,(H,15,16). The molecular weight excluding hydrogens is 204 g/mol. The Morgan fingerprint density at radius 1 is 1.50 bits per heavy atom. The highest BCUT2D eigenvalue weighted by Gasteiger charge is 2.18. The van der Waals surface area contributed by atoms with E-state index in [9.17, 15) is 4.79 Å². The van der Waals surface area contributed by atoms with Crippen LogP contribution in [0.2, 0.25) is 0 Å². The van der Waals surface area contributed by atoms with Crippen molar-refractivity contribution < 1.29 is 9.90 Å². The molecule has 4 nitrogen and oxygen atoms in total. The summed E-state index contributed by atoms with van der Waals surface area (Å²) in [4.78, 5) is 13.0. The van der Waals surface area contributed by atoms with Crippen molar-refractivity contribution in [3.63, 3.8) is 0 Å². The smallest absolute Gasteiger partial charge is 0.312 e. The molecule has 0 fully saturated rings. The van der Waals surface area contributed by atoms with Crippen molar-refractivity contribution in [3.05, 3.63) is 29.3 Å². The van der Waals surface area contributed by atoms with E-state index in [1.807, 2.05) is 44.1 Å². The van der Waals surface area contributed by atoms with Crippen LogP contribution in [0.3, 0.4) is 0 Å². The first-order chi connectivity index (χ1) is 7.47. The van der Waals surface area contributed by atoms with E-state index in [4.69, 9.17) is 10.8 Å². The maximum Gasteiger partial charge on any atom is 0.312 e. The fourth-order valence-electron chi connectivity index (χ4n) is 1.70. The summed E-state index contributed by atoms with van der Waals surface area (Å²) in [6, 6.07) is 5.64. The summed E-state index contributed by atoms with van der Waals surface area (Å²) in [5.41, 5.74) is 8.37. The van der Waals surface area contributed by atoms with Crippen LogP contribution in [0, 0.1) is 6.92 Å². The van der Waals surface area contributed by atoms with Crippen LogP contribution in [0.5, 0.6) is 0 Å². The lowest BCUT2D eigenvalue weighted by molar-refractivity contribution is -0.138. The SMILES string of the molecule is Cc1ccc(C(CN)C(=O)O)cc1N(C)C. The first kappa shape index (κ1) is 12.5. The van der Waals surface area contributed by atoms with Gasteiger partial charge in [0.1, 0.15) is 0 Å². The topological polar surface area (TPSA) is 66.6 Å². The van der Waals surface area contributed by atoms with Crippen LogP contribution in [-0.2, 0) is 4.79 Å². The van der Waals surface area contributed by atoms with Gasteiger partial charge < -0.3 is 15.7 Å². The number of rotatable bonds is 4. The zero-order valence-electron chi connectivity index (χ0n) is 9.90. The highest BCUT2D eigenvalue weighted by molar-refractivity contribution is 5.77. The third kappa shape index (κ3) is 2.52. The van der Waals surface area contributed by atoms with Crippen molar-refractivity contribution >= 4 is 11.7 Å². The minimum absolute atomic E-state index is 0.116. The molecule has 1 rings (SSSR count). The van der Waals surface area contributed by atoms with E-state index >= 15 is 0 Å². The molecule has 0 amide bonds. The molecule has 16 heavy (non-hydrogen) atoms. The Hall–Kier alpha value is -1.55. The fourth-order valence-corrected chi connectivity index (χ4v) is 1.70. The van der Waals surface area contributed by atoms with Crippen molar-refractivity contribution in [2.75, 3.05) is 25.5 Å². The van der Waals surface area contributed by atoms with Gasteiger partial charge in [0.2, 0.25) is 0 Å². The summed E-state index contributed by atoms with van der Waals surface area (Å²) in [6.45, 7) is 2.11. The molecule has 3 N–H and O–H groups in total. The maximum absolute atomic E-state index is 11.0. The van der Waals surface area contributed by atoms with Crippen molar-refractivity contribution in [1.82, 2.24) is 0 Å². The Morgan fingerprint density at radius 3 is 2.56 bits per heavy atom. The number of carbonyl (C=O) groups is 1. The predicted molar refractivity (Wildman–Crippen MR) is 64.9 cm³/mol. The van der Waals surface area contributed by atoms with Gasteiger partial charge in [-0.15, -0.1) is 0 Å². The van der Waals surface area contributed by atoms with Gasteiger partial charge in [-0.25, -0.2) is 0 Å². The van der Waals surface area contributed by atoms with E-state index in [2.05, 4.69) is 0 Å². The molecule has 0 aliphatic rings. The number of anilines is 1. The van der Waals surface area contributed by atoms with E-state index in [0.29, 0.717) is 0 Å². The lowest BCUT2D eigenvalue weighted by Crippen LogP contribution is -2.21. The summed E-state index contributed by atoms with van der Waals surface area (Å²) in [6.07, 6.45) is 0. The molecule has 0 spiro atoms. The molecule has 88 valence electrons. The van der Waals surface area contributed by atoms with Gasteiger partial charge in [0.15, 0.2) is 0 Å². The number of benzene rings is 1. The zero-order chi connectivity index (χ0) is 12.3. The zero-order valence-corrected chi connectivity index (χ0v) is 9.90. The number of nitrogens with two attached hydrogens (primary N) is 1. The second-order valence-corrected chi connectivity index (χ2v) is 4.07. The number of aliphatic carboxylic acids is 1. The summed E-state index contributed by atoms with van der Waals surface area (Å²) >= 11 is 0. The lowest BCUT2D eigenvalue weighted by Gasteiger charge is -2.18. The summed E-state index contributed by atoms with van der Waals surface area (Å²) in [5.74, 6) is -1.50. The Morgan fingerprint density at radius 2 is 2.12 bits per heavy atom. The largest absolute Gasteiger partial charge is 0.481 e. The van der Waals surface area contributed by atoms with Crippen LogP contribution in [0.15, 0.2) is 18.2 Å². The molecule has 0 aromatic heterocycles. The number of carboxylic acid groups (broad SMARTS) is 1. The minimum atomic E-state index is -0.879. The Kier molecular flexibility index (Phi) is 3.90. The van der Waals surface area contributed by atoms with Crippen molar-refractivity contribution in [2.45, 2.75) is 12.8 Å². The molecule has 1 aromatic rings. The summed E-state index contributed by atoms with van der Waals surface area (Å²) in [5, 5.41) is 9.03. The Bertz CT molecular complexity index is 389. The van der Waals surface area contributed by atoms with E-state index < -0.39 is 11.9 Å². The van der Waals surface area contributed by atoms with E-state index in [-0.39, 0.29) is 6.54 Å². The molecule has 0 aliphatic carbocycles. The number of hydrogen-bond acceptors (Lipinski definition) is 3. The highest BCUT2D eigenvalue weighted by Crippen LogP contribution is 2.24. The van der Waals surface area contributed by atoms with E-state index in [1.54, 1.807) is 0 Å². The molecular formula is C12H18N2O2. The maximum atomic E-state index is 11.0. The van der Waals surface area contributed by atoms with Gasteiger partial charge in [0.05, 0.1) is 5.92 Å². The molecule has 0 saturated carbocycles. The van der Waals surface area contributed by atoms with Crippen LogP contribution in [-0.4, -0.2) is 31.7 Å². The number of carboxylic acids is 1. The summed E-state index contributed by atoms with van der Waals surface area (Å²) in [7, 11) is 3.87. The molecule has 1 unspecified atom stereocenters. The monoisotopic (exact) mass is 222 g/mol. The summed E-state index contributed by atoms with van der Waals surface area (Å²) < 4.78 is 0. The van der Waals surface area contributed by atoms with Gasteiger partial charge in [-0.1, -0.05) is 12.1 Å². The van der Waals surface area contributed by atoms with Gasteiger partial charge in [0.25, 0.3) is 0 Å². The first-order valence-corrected chi connectivity index (χ1v) is 5.18. The molecule has 0 bridgehead atoms. The lowest BCUT2D eigenvalue weighted by atomic mass is 9.97. The molecule has 0 saturated heterocycles. The molecule has 1 aromatic carbocycles. The third-order valence-corrected chi connectivity index (χ3v) is 2.65. The van der Waals surface area contributed by atoms with Crippen molar-refractivity contribution in [3.8, 4) is 0 Å². The van der Waals surface area contributed by atoms with Crippen molar-refractivity contribution in [2.24, 2.45) is 5.73 Å². The number of aryl methyl sites for hydroxylation is 1. The van der Waals surface area contributed by atoms with E-state index in [0.717, 1.165) is 16.8 Å². The number of nitrogens with zero attached hydrogens (tertiary/aromatic N) is 1. The average Bonchev–Trinajstić information content (AvgIpc) is 2.20. The second kappa shape index (κ2) is 4.99. The van der Waals surface area contributed by atoms with Gasteiger partial charge in [0, 0.05) is 26.3 Å². The van der Waals surface area contributed by atoms with Gasteiger partial charge in [-0.2, -0.15) is 0 Å². The average molecular weight is 222 g/mol. The first-order valence-electron chi connectivity index (χ1n) is 5.18. The molecule has 1 atom stereocenters. The van der Waals surface area contributed by atoms with Crippen LogP contribution >= 0.6 is 0 Å². The quantitative estimate of drug-likeness (QED) is 0.803. The van der Waals surface area contributed by atoms with Crippen molar-refractivity contribution in [1.29, 1.82) is 0 Å². The Balaban J connectivity index is 3.15. The normalized spacial score (nSPS) is 12.2. The molecule has 4 heteroatoms. The Labute approximate surface area is 95.7 Å². The van der Waals surface area contributed by atoms with Gasteiger partial charge >= 0.3 is 5.97 Å². The van der Waals surface area contributed by atoms with Crippen LogP contribution < -0.4 is 10.6 Å². The van der Waals surface area contributed by atoms with Crippen LogP contribution in [0.1, 0.15) is 17.0 Å². The third-order valence-electron chi connectivity index (χ3n) is 2.65. The molecule has 0 aliphatic heterocycles. The predicted octanol–water partition coefficient (Wildman–Crippen LogP) is 1.19. The molecule has 0 heterocycles. The van der Waals surface area contributed by atoms with Gasteiger partial charge in [-0.3, -0.25) is 4.79 Å². The number of hydrogen-bond donors (Lipinski definition) is 2. The fraction of sp³-hybridized carbons (Fsp3) is 0.417. The molecule has 0 radical (unpaired) electrons. The van der Waals surface area contributed by atoms with Gasteiger partial charge in [-0.05, 0) is 24.1 Å². The highest BCUT2D eigenvalue weighted by atomic mass is 16.4. The minimum Gasteiger partial charge on any atom is -0.481 e. The van der Waals surface area contributed by atoms with Crippen LogP contribution in [0.25, 0.3) is 0 Å². The van der Waals surface area contributed by atoms with Crippen LogP contribution in [0.4, 0.5) is 5.69 Å².